The summed E-state index contributed by atoms with van der Waals surface area (Å²) in [4.78, 5) is 11.5. The quantitative estimate of drug-likeness (QED) is 0.618. The molecule has 3 atom stereocenters. The molecule has 0 radical (unpaired) electrons. The van der Waals surface area contributed by atoms with Crippen LogP contribution in [0.2, 0.25) is 0 Å². The second-order valence-electron chi connectivity index (χ2n) is 3.85. The number of nitrogens with one attached hydrogen (secondary N) is 1. The number of fused-ring (bicyclic) bond motifs is 1. The highest BCUT2D eigenvalue weighted by Gasteiger charge is 2.68. The second-order valence-corrected chi connectivity index (χ2v) is 3.85. The highest BCUT2D eigenvalue weighted by molar-refractivity contribution is 5.82. The van der Waals surface area contributed by atoms with Gasteiger partial charge in [-0.15, -0.1) is 0 Å². The zero-order valence-corrected chi connectivity index (χ0v) is 8.00. The maximum Gasteiger partial charge on any atom is 0.313 e. The molecule has 2 fully saturated rings. The van der Waals surface area contributed by atoms with E-state index in [4.69, 9.17) is 9.47 Å². The van der Waals surface area contributed by atoms with Crippen LogP contribution in [0.5, 0.6) is 0 Å². The van der Waals surface area contributed by atoms with Crippen LogP contribution in [0.25, 0.3) is 0 Å². The molecule has 74 valence electrons. The Labute approximate surface area is 77.6 Å². The Morgan fingerprint density at radius 1 is 1.62 bits per heavy atom. The number of rotatable bonds is 3. The van der Waals surface area contributed by atoms with Crippen molar-refractivity contribution >= 4 is 5.97 Å². The Balaban J connectivity index is 2.09. The van der Waals surface area contributed by atoms with Crippen LogP contribution in [0.3, 0.4) is 0 Å². The molecule has 0 amide bonds. The summed E-state index contributed by atoms with van der Waals surface area (Å²) >= 11 is 0. The molecule has 4 heteroatoms. The molecule has 0 aromatic rings. The van der Waals surface area contributed by atoms with Crippen molar-refractivity contribution in [3.63, 3.8) is 0 Å². The number of ether oxygens (including phenoxy) is 2. The van der Waals surface area contributed by atoms with Crippen molar-refractivity contribution in [3.8, 4) is 0 Å². The van der Waals surface area contributed by atoms with Crippen LogP contribution in [0.1, 0.15) is 6.42 Å². The summed E-state index contributed by atoms with van der Waals surface area (Å²) in [7, 11) is 3.11. The van der Waals surface area contributed by atoms with Crippen LogP contribution in [-0.2, 0) is 14.3 Å². The molecule has 1 aliphatic heterocycles. The molecular formula is C9H15NO3. The van der Waals surface area contributed by atoms with E-state index in [0.717, 1.165) is 13.0 Å². The molecule has 1 saturated heterocycles. The lowest BCUT2D eigenvalue weighted by atomic mass is 9.97. The predicted octanol–water partition coefficient (Wildman–Crippen LogP) is -0.216. The summed E-state index contributed by atoms with van der Waals surface area (Å²) in [5.41, 5.74) is -0.259. The maximum atomic E-state index is 11.5. The van der Waals surface area contributed by atoms with E-state index < -0.39 is 0 Å². The molecule has 1 aliphatic carbocycles. The summed E-state index contributed by atoms with van der Waals surface area (Å²) in [6.07, 6.45) is 0.959. The topological polar surface area (TPSA) is 47.6 Å². The molecule has 0 aromatic heterocycles. The van der Waals surface area contributed by atoms with Gasteiger partial charge in [0.2, 0.25) is 0 Å². The molecule has 0 spiro atoms. The predicted molar refractivity (Wildman–Crippen MR) is 46.2 cm³/mol. The first kappa shape index (κ1) is 8.97. The van der Waals surface area contributed by atoms with E-state index in [1.807, 2.05) is 0 Å². The number of piperidine rings is 1. The number of carbonyl (C=O) groups is 1. The number of methoxy groups -OCH3 is 2. The van der Waals surface area contributed by atoms with E-state index in [0.29, 0.717) is 12.5 Å². The summed E-state index contributed by atoms with van der Waals surface area (Å²) in [6, 6.07) is 0.148. The standard InChI is InChI=1S/C9H15NO3/c1-12-5-7-9(8(11)13-2)3-6(9)4-10-7/h6-7,10H,3-5H2,1-2H3/t6?,7-,9-/m0/s1. The van der Waals surface area contributed by atoms with E-state index in [1.165, 1.54) is 7.11 Å². The summed E-state index contributed by atoms with van der Waals surface area (Å²) in [5, 5.41) is 3.29. The molecule has 2 aliphatic rings. The fraction of sp³-hybridized carbons (Fsp3) is 0.889. The molecule has 0 aromatic carbocycles. The van der Waals surface area contributed by atoms with E-state index in [2.05, 4.69) is 5.32 Å². The molecule has 4 nitrogen and oxygen atoms in total. The number of esters is 1. The Hall–Kier alpha value is -0.610. The van der Waals surface area contributed by atoms with Crippen molar-refractivity contribution in [2.45, 2.75) is 12.5 Å². The number of hydrogen-bond donors (Lipinski definition) is 1. The SMILES string of the molecule is COC[C@@H]1NCC2C[C@]21C(=O)OC. The lowest BCUT2D eigenvalue weighted by Crippen LogP contribution is -2.40. The van der Waals surface area contributed by atoms with Gasteiger partial charge in [-0.2, -0.15) is 0 Å². The molecule has 1 N–H and O–H groups in total. The van der Waals surface area contributed by atoms with Gasteiger partial charge < -0.3 is 14.8 Å². The van der Waals surface area contributed by atoms with Crippen LogP contribution in [-0.4, -0.2) is 39.4 Å². The maximum absolute atomic E-state index is 11.5. The van der Waals surface area contributed by atoms with E-state index >= 15 is 0 Å². The molecule has 13 heavy (non-hydrogen) atoms. The van der Waals surface area contributed by atoms with Crippen molar-refractivity contribution in [3.05, 3.63) is 0 Å². The number of carbonyl (C=O) groups excluding carboxylic acids is 1. The largest absolute Gasteiger partial charge is 0.469 e. The monoisotopic (exact) mass is 185 g/mol. The molecule has 0 bridgehead atoms. The average molecular weight is 185 g/mol. The highest BCUT2D eigenvalue weighted by atomic mass is 16.5. The van der Waals surface area contributed by atoms with Crippen molar-refractivity contribution in [1.29, 1.82) is 0 Å². The minimum absolute atomic E-state index is 0.0791. The molecule has 1 unspecified atom stereocenters. The van der Waals surface area contributed by atoms with Crippen molar-refractivity contribution in [2.24, 2.45) is 11.3 Å². The van der Waals surface area contributed by atoms with Gasteiger partial charge in [-0.1, -0.05) is 0 Å². The lowest BCUT2D eigenvalue weighted by molar-refractivity contribution is -0.148. The van der Waals surface area contributed by atoms with Gasteiger partial charge in [0.1, 0.15) is 0 Å². The minimum Gasteiger partial charge on any atom is -0.469 e. The lowest BCUT2D eigenvalue weighted by Gasteiger charge is -2.20. The van der Waals surface area contributed by atoms with Crippen LogP contribution < -0.4 is 5.32 Å². The Morgan fingerprint density at radius 3 is 2.92 bits per heavy atom. The normalized spacial score (nSPS) is 41.4. The van der Waals surface area contributed by atoms with E-state index in [1.54, 1.807) is 7.11 Å². The van der Waals surface area contributed by atoms with Gasteiger partial charge in [0.15, 0.2) is 0 Å². The van der Waals surface area contributed by atoms with Gasteiger partial charge in [0.05, 0.1) is 19.1 Å². The van der Waals surface area contributed by atoms with Crippen LogP contribution in [0.4, 0.5) is 0 Å². The zero-order valence-electron chi connectivity index (χ0n) is 8.00. The minimum atomic E-state index is -0.259. The van der Waals surface area contributed by atoms with Crippen molar-refractivity contribution < 1.29 is 14.3 Å². The third-order valence-corrected chi connectivity index (χ3v) is 3.28. The Morgan fingerprint density at radius 2 is 2.38 bits per heavy atom. The Kier molecular flexibility index (Phi) is 2.04. The van der Waals surface area contributed by atoms with Crippen LogP contribution >= 0.6 is 0 Å². The van der Waals surface area contributed by atoms with E-state index in [-0.39, 0.29) is 17.4 Å². The van der Waals surface area contributed by atoms with Gasteiger partial charge in [0, 0.05) is 13.2 Å². The molecule has 2 rings (SSSR count). The third-order valence-electron chi connectivity index (χ3n) is 3.28. The third kappa shape index (κ3) is 1.09. The van der Waals surface area contributed by atoms with Crippen molar-refractivity contribution in [1.82, 2.24) is 5.32 Å². The van der Waals surface area contributed by atoms with Crippen LogP contribution in [0.15, 0.2) is 0 Å². The van der Waals surface area contributed by atoms with Gasteiger partial charge in [-0.3, -0.25) is 4.79 Å². The molecular weight excluding hydrogens is 170 g/mol. The van der Waals surface area contributed by atoms with Gasteiger partial charge in [-0.05, 0) is 18.9 Å². The summed E-state index contributed by atoms with van der Waals surface area (Å²) in [5.74, 6) is 0.393. The summed E-state index contributed by atoms with van der Waals surface area (Å²) < 4.78 is 9.89. The highest BCUT2D eigenvalue weighted by Crippen LogP contribution is 2.59. The van der Waals surface area contributed by atoms with Gasteiger partial charge >= 0.3 is 5.97 Å². The zero-order chi connectivity index (χ0) is 9.47. The van der Waals surface area contributed by atoms with Crippen LogP contribution in [0, 0.1) is 11.3 Å². The first-order valence-corrected chi connectivity index (χ1v) is 4.56. The first-order chi connectivity index (χ1) is 6.25. The molecule has 1 heterocycles. The van der Waals surface area contributed by atoms with Gasteiger partial charge in [0.25, 0.3) is 0 Å². The van der Waals surface area contributed by atoms with Crippen molar-refractivity contribution in [2.75, 3.05) is 27.4 Å². The fourth-order valence-electron chi connectivity index (χ4n) is 2.45. The fourth-order valence-corrected chi connectivity index (χ4v) is 2.45. The smallest absolute Gasteiger partial charge is 0.313 e. The first-order valence-electron chi connectivity index (χ1n) is 4.56. The number of hydrogen-bond acceptors (Lipinski definition) is 4. The average Bonchev–Trinajstić information content (AvgIpc) is 2.79. The van der Waals surface area contributed by atoms with E-state index in [9.17, 15) is 4.79 Å². The van der Waals surface area contributed by atoms with Gasteiger partial charge in [-0.25, -0.2) is 0 Å². The second kappa shape index (κ2) is 2.96. The Bertz CT molecular complexity index is 231. The summed E-state index contributed by atoms with van der Waals surface area (Å²) in [6.45, 7) is 1.51. The molecule has 1 saturated carbocycles.